The summed E-state index contributed by atoms with van der Waals surface area (Å²) in [5.41, 5.74) is 4.82. The molecule has 0 spiro atoms. The molecule has 0 fully saturated rings. The molecule has 2 aromatic rings. The standard InChI is InChI=1S/C14H12Cl2/c1-9-3-5-12(10(2)7-9)11-4-6-13(15)14(16)8-11/h3-8H,1-2H3. The van der Waals surface area contributed by atoms with Crippen molar-refractivity contribution in [1.29, 1.82) is 0 Å². The minimum absolute atomic E-state index is 0.593. The lowest BCUT2D eigenvalue weighted by atomic mass is 9.99. The Bertz CT molecular complexity index is 530. The Morgan fingerprint density at radius 2 is 1.56 bits per heavy atom. The Labute approximate surface area is 106 Å². The second-order valence-electron chi connectivity index (χ2n) is 3.95. The van der Waals surface area contributed by atoms with Gasteiger partial charge < -0.3 is 0 Å². The molecule has 2 rings (SSSR count). The molecule has 82 valence electrons. The molecule has 0 N–H and O–H groups in total. The third kappa shape index (κ3) is 2.23. The third-order valence-electron chi connectivity index (χ3n) is 2.61. The zero-order valence-corrected chi connectivity index (χ0v) is 10.7. The van der Waals surface area contributed by atoms with Crippen molar-refractivity contribution in [2.24, 2.45) is 0 Å². The maximum atomic E-state index is 6.02. The van der Waals surface area contributed by atoms with Gasteiger partial charge >= 0.3 is 0 Å². The van der Waals surface area contributed by atoms with Crippen molar-refractivity contribution < 1.29 is 0 Å². The average molecular weight is 251 g/mol. The molecule has 16 heavy (non-hydrogen) atoms. The Balaban J connectivity index is 2.54. The summed E-state index contributed by atoms with van der Waals surface area (Å²) in [4.78, 5) is 0. The van der Waals surface area contributed by atoms with E-state index in [1.165, 1.54) is 16.7 Å². The van der Waals surface area contributed by atoms with Gasteiger partial charge in [0.2, 0.25) is 0 Å². The van der Waals surface area contributed by atoms with Crippen LogP contribution in [0.15, 0.2) is 36.4 Å². The van der Waals surface area contributed by atoms with Crippen LogP contribution in [0, 0.1) is 13.8 Å². The van der Waals surface area contributed by atoms with E-state index >= 15 is 0 Å². The molecule has 2 heteroatoms. The quantitative estimate of drug-likeness (QED) is 0.647. The van der Waals surface area contributed by atoms with Crippen molar-refractivity contribution in [2.45, 2.75) is 13.8 Å². The molecule has 0 radical (unpaired) electrons. The number of hydrogen-bond donors (Lipinski definition) is 0. The lowest BCUT2D eigenvalue weighted by Gasteiger charge is -2.08. The van der Waals surface area contributed by atoms with Crippen molar-refractivity contribution >= 4 is 23.2 Å². The Morgan fingerprint density at radius 1 is 0.812 bits per heavy atom. The van der Waals surface area contributed by atoms with Gasteiger partial charge in [-0.05, 0) is 42.7 Å². The summed E-state index contributed by atoms with van der Waals surface area (Å²) in [5, 5.41) is 1.19. The highest BCUT2D eigenvalue weighted by Crippen LogP contribution is 2.30. The summed E-state index contributed by atoms with van der Waals surface area (Å²) in [7, 11) is 0. The highest BCUT2D eigenvalue weighted by molar-refractivity contribution is 6.42. The molecule has 0 aliphatic heterocycles. The van der Waals surface area contributed by atoms with Gasteiger partial charge in [0.25, 0.3) is 0 Å². The summed E-state index contributed by atoms with van der Waals surface area (Å²) >= 11 is 11.9. The second kappa shape index (κ2) is 4.48. The van der Waals surface area contributed by atoms with Gasteiger partial charge in [0.05, 0.1) is 10.0 Å². The molecule has 0 saturated heterocycles. The van der Waals surface area contributed by atoms with Gasteiger partial charge in [0.15, 0.2) is 0 Å². The summed E-state index contributed by atoms with van der Waals surface area (Å²) < 4.78 is 0. The summed E-state index contributed by atoms with van der Waals surface area (Å²) in [6, 6.07) is 12.1. The largest absolute Gasteiger partial charge is 0.0827 e. The zero-order valence-electron chi connectivity index (χ0n) is 9.22. The summed E-state index contributed by atoms with van der Waals surface area (Å²) in [6.07, 6.45) is 0. The van der Waals surface area contributed by atoms with Crippen LogP contribution in [-0.4, -0.2) is 0 Å². The molecule has 0 aromatic heterocycles. The van der Waals surface area contributed by atoms with Crippen LogP contribution in [0.1, 0.15) is 11.1 Å². The van der Waals surface area contributed by atoms with Crippen LogP contribution in [0.2, 0.25) is 10.0 Å². The maximum Gasteiger partial charge on any atom is 0.0598 e. The normalized spacial score (nSPS) is 10.5. The average Bonchev–Trinajstić information content (AvgIpc) is 2.22. The topological polar surface area (TPSA) is 0 Å². The third-order valence-corrected chi connectivity index (χ3v) is 3.35. The van der Waals surface area contributed by atoms with Gasteiger partial charge in [-0.15, -0.1) is 0 Å². The first-order valence-electron chi connectivity index (χ1n) is 5.10. The number of hydrogen-bond acceptors (Lipinski definition) is 0. The smallest absolute Gasteiger partial charge is 0.0598 e. The van der Waals surface area contributed by atoms with Crippen LogP contribution in [0.4, 0.5) is 0 Å². The molecule has 0 aliphatic rings. The molecule has 0 bridgehead atoms. The van der Waals surface area contributed by atoms with Crippen molar-refractivity contribution in [2.75, 3.05) is 0 Å². The van der Waals surface area contributed by atoms with Gasteiger partial charge in [-0.3, -0.25) is 0 Å². The lowest BCUT2D eigenvalue weighted by molar-refractivity contribution is 1.38. The second-order valence-corrected chi connectivity index (χ2v) is 4.76. The fraction of sp³-hybridized carbons (Fsp3) is 0.143. The molecule has 0 atom stereocenters. The minimum atomic E-state index is 0.593. The van der Waals surface area contributed by atoms with E-state index in [2.05, 4.69) is 32.0 Å². The molecular formula is C14H12Cl2. The molecule has 0 heterocycles. The monoisotopic (exact) mass is 250 g/mol. The Kier molecular flexibility index (Phi) is 3.22. The minimum Gasteiger partial charge on any atom is -0.0827 e. The lowest BCUT2D eigenvalue weighted by Crippen LogP contribution is -1.84. The Hall–Kier alpha value is -0.980. The first-order valence-corrected chi connectivity index (χ1v) is 5.86. The van der Waals surface area contributed by atoms with Crippen LogP contribution in [0.25, 0.3) is 11.1 Å². The van der Waals surface area contributed by atoms with Crippen molar-refractivity contribution in [3.05, 3.63) is 57.6 Å². The first kappa shape index (κ1) is 11.5. The fourth-order valence-electron chi connectivity index (χ4n) is 1.80. The summed E-state index contributed by atoms with van der Waals surface area (Å²) in [5.74, 6) is 0. The maximum absolute atomic E-state index is 6.02. The molecular weight excluding hydrogens is 239 g/mol. The van der Waals surface area contributed by atoms with Crippen molar-refractivity contribution in [1.82, 2.24) is 0 Å². The highest BCUT2D eigenvalue weighted by Gasteiger charge is 2.04. The first-order chi connectivity index (χ1) is 7.58. The van der Waals surface area contributed by atoms with Crippen LogP contribution < -0.4 is 0 Å². The SMILES string of the molecule is Cc1ccc(-c2ccc(Cl)c(Cl)c2)c(C)c1. The van der Waals surface area contributed by atoms with E-state index in [9.17, 15) is 0 Å². The predicted octanol–water partition coefficient (Wildman–Crippen LogP) is 5.28. The van der Waals surface area contributed by atoms with Gasteiger partial charge in [-0.2, -0.15) is 0 Å². The Morgan fingerprint density at radius 3 is 2.19 bits per heavy atom. The van der Waals surface area contributed by atoms with Crippen LogP contribution in [0.3, 0.4) is 0 Å². The predicted molar refractivity (Wildman–Crippen MR) is 71.4 cm³/mol. The van der Waals surface area contributed by atoms with E-state index in [1.54, 1.807) is 0 Å². The van der Waals surface area contributed by atoms with E-state index in [4.69, 9.17) is 23.2 Å². The molecule has 0 unspecified atom stereocenters. The molecule has 0 aliphatic carbocycles. The van der Waals surface area contributed by atoms with Gasteiger partial charge in [-0.1, -0.05) is 53.0 Å². The van der Waals surface area contributed by atoms with Crippen LogP contribution in [-0.2, 0) is 0 Å². The van der Waals surface area contributed by atoms with Crippen molar-refractivity contribution in [3.8, 4) is 11.1 Å². The fourth-order valence-corrected chi connectivity index (χ4v) is 2.10. The van der Waals surface area contributed by atoms with E-state index in [1.807, 2.05) is 18.2 Å². The molecule has 0 amide bonds. The van der Waals surface area contributed by atoms with Gasteiger partial charge in [0, 0.05) is 0 Å². The zero-order chi connectivity index (χ0) is 11.7. The van der Waals surface area contributed by atoms with E-state index in [0.29, 0.717) is 10.0 Å². The van der Waals surface area contributed by atoms with Gasteiger partial charge in [-0.25, -0.2) is 0 Å². The van der Waals surface area contributed by atoms with Crippen LogP contribution >= 0.6 is 23.2 Å². The van der Waals surface area contributed by atoms with E-state index in [-0.39, 0.29) is 0 Å². The number of benzene rings is 2. The molecule has 0 nitrogen and oxygen atoms in total. The molecule has 2 aromatic carbocycles. The van der Waals surface area contributed by atoms with Gasteiger partial charge in [0.1, 0.15) is 0 Å². The molecule has 0 saturated carbocycles. The van der Waals surface area contributed by atoms with E-state index < -0.39 is 0 Å². The number of aryl methyl sites for hydroxylation is 2. The van der Waals surface area contributed by atoms with E-state index in [0.717, 1.165) is 5.56 Å². The van der Waals surface area contributed by atoms with Crippen molar-refractivity contribution in [3.63, 3.8) is 0 Å². The number of halogens is 2. The number of rotatable bonds is 1. The highest BCUT2D eigenvalue weighted by atomic mass is 35.5. The van der Waals surface area contributed by atoms with Crippen LogP contribution in [0.5, 0.6) is 0 Å². The summed E-state index contributed by atoms with van der Waals surface area (Å²) in [6.45, 7) is 4.19.